The minimum absolute atomic E-state index is 0.00720. The van der Waals surface area contributed by atoms with Crippen molar-refractivity contribution in [3.8, 4) is 0 Å². The molecule has 2 unspecified atom stereocenters. The normalized spacial score (nSPS) is 32.1. The molecule has 252 valence electrons. The number of hydrogen-bond donors (Lipinski definition) is 3. The van der Waals surface area contributed by atoms with Crippen molar-refractivity contribution in [1.82, 2.24) is 20.3 Å². The van der Waals surface area contributed by atoms with Crippen molar-refractivity contribution < 1.29 is 27.5 Å². The number of rotatable bonds is 10. The molecule has 4 aliphatic rings. The summed E-state index contributed by atoms with van der Waals surface area (Å²) >= 11 is 6.24. The lowest BCUT2D eigenvalue weighted by Crippen LogP contribution is -2.57. The van der Waals surface area contributed by atoms with Crippen LogP contribution in [0.4, 0.5) is 4.79 Å². The van der Waals surface area contributed by atoms with Gasteiger partial charge in [-0.3, -0.25) is 4.79 Å². The smallest absolute Gasteiger partial charge is 0.407 e. The molecule has 0 spiro atoms. The number of nitrogens with one attached hydrogen (secondary N) is 3. The highest BCUT2D eigenvalue weighted by Gasteiger charge is 2.43. The number of halogens is 1. The van der Waals surface area contributed by atoms with Crippen LogP contribution >= 0.6 is 11.6 Å². The maximum absolute atomic E-state index is 14.2. The van der Waals surface area contributed by atoms with Gasteiger partial charge in [0.15, 0.2) is 0 Å². The number of sulfonamides is 1. The molecule has 0 radical (unpaired) electrons. The van der Waals surface area contributed by atoms with Gasteiger partial charge in [-0.15, -0.1) is 0 Å². The highest BCUT2D eigenvalue weighted by molar-refractivity contribution is 7.89. The van der Waals surface area contributed by atoms with Gasteiger partial charge in [0.2, 0.25) is 15.9 Å². The summed E-state index contributed by atoms with van der Waals surface area (Å²) in [5, 5.41) is 10.4. The second-order valence-electron chi connectivity index (χ2n) is 14.1. The molecule has 3 heterocycles. The number of hydrogen-bond acceptors (Lipinski definition) is 7. The Balaban J connectivity index is 1.28. The zero-order valence-corrected chi connectivity index (χ0v) is 28.5. The topological polar surface area (TPSA) is 126 Å². The Morgan fingerprint density at radius 1 is 1.13 bits per heavy atom. The second kappa shape index (κ2) is 14.9. The molecule has 3 saturated heterocycles. The zero-order chi connectivity index (χ0) is 32.2. The van der Waals surface area contributed by atoms with E-state index >= 15 is 0 Å². The first kappa shape index (κ1) is 34.4. The summed E-state index contributed by atoms with van der Waals surface area (Å²) in [5.41, 5.74) is 0.589. The number of piperazine rings is 1. The van der Waals surface area contributed by atoms with Crippen LogP contribution in [-0.2, 0) is 24.3 Å². The van der Waals surface area contributed by atoms with E-state index in [1.807, 2.05) is 24.3 Å². The molecule has 1 aromatic rings. The Bertz CT molecular complexity index is 1280. The minimum atomic E-state index is -3.21. The van der Waals surface area contributed by atoms with Gasteiger partial charge in [0.1, 0.15) is 6.04 Å². The Labute approximate surface area is 273 Å². The number of methoxy groups -OCH3 is 1. The number of alkyl carbamates (subject to hydrolysis) is 1. The van der Waals surface area contributed by atoms with Gasteiger partial charge in [0.05, 0.1) is 18.5 Å². The molecule has 5 rings (SSSR count). The average molecular weight is 667 g/mol. The lowest BCUT2D eigenvalue weighted by Gasteiger charge is -2.42. The Morgan fingerprint density at radius 2 is 1.91 bits per heavy atom. The van der Waals surface area contributed by atoms with E-state index in [-0.39, 0.29) is 47.2 Å². The van der Waals surface area contributed by atoms with Crippen molar-refractivity contribution in [2.75, 3.05) is 32.6 Å². The summed E-state index contributed by atoms with van der Waals surface area (Å²) in [5.74, 6) is 0.110. The van der Waals surface area contributed by atoms with E-state index in [0.29, 0.717) is 37.1 Å². The van der Waals surface area contributed by atoms with Crippen molar-refractivity contribution in [3.63, 3.8) is 0 Å². The van der Waals surface area contributed by atoms with E-state index in [1.165, 1.54) is 7.11 Å². The monoisotopic (exact) mass is 666 g/mol. The average Bonchev–Trinajstić information content (AvgIpc) is 3.39. The molecule has 4 fully saturated rings. The van der Waals surface area contributed by atoms with Crippen molar-refractivity contribution in [2.45, 2.75) is 114 Å². The van der Waals surface area contributed by atoms with Gasteiger partial charge in [-0.2, -0.15) is 4.31 Å². The lowest BCUT2D eigenvalue weighted by atomic mass is 9.73. The predicted octanol–water partition coefficient (Wildman–Crippen LogP) is 4.57. The molecule has 3 aliphatic heterocycles. The van der Waals surface area contributed by atoms with Crippen molar-refractivity contribution >= 4 is 33.6 Å². The van der Waals surface area contributed by atoms with Gasteiger partial charge in [0.25, 0.3) is 0 Å². The van der Waals surface area contributed by atoms with Gasteiger partial charge >= 0.3 is 6.09 Å². The van der Waals surface area contributed by atoms with Crippen LogP contribution in [-0.4, -0.2) is 87.1 Å². The maximum Gasteiger partial charge on any atom is 0.407 e. The van der Waals surface area contributed by atoms with E-state index in [2.05, 4.69) is 29.8 Å². The molecule has 2 bridgehead atoms. The first-order chi connectivity index (χ1) is 21.5. The summed E-state index contributed by atoms with van der Waals surface area (Å²) in [6, 6.07) is 6.93. The molecule has 2 amide bonds. The Morgan fingerprint density at radius 3 is 2.64 bits per heavy atom. The minimum Gasteiger partial charge on any atom is -0.453 e. The van der Waals surface area contributed by atoms with Gasteiger partial charge in [-0.25, -0.2) is 13.2 Å². The van der Waals surface area contributed by atoms with Crippen LogP contribution in [0.15, 0.2) is 24.3 Å². The largest absolute Gasteiger partial charge is 0.453 e. The molecule has 0 aromatic heterocycles. The first-order valence-corrected chi connectivity index (χ1v) is 18.7. The third-order valence-electron chi connectivity index (χ3n) is 10.5. The molecule has 1 aromatic carbocycles. The van der Waals surface area contributed by atoms with Gasteiger partial charge in [0, 0.05) is 48.8 Å². The van der Waals surface area contributed by atoms with Gasteiger partial charge in [-0.05, 0) is 94.7 Å². The fourth-order valence-electron chi connectivity index (χ4n) is 8.22. The third-order valence-corrected chi connectivity index (χ3v) is 12.7. The number of carbonyl (C=O) groups excluding carboxylic acids is 2. The third kappa shape index (κ3) is 8.71. The van der Waals surface area contributed by atoms with E-state index in [0.717, 1.165) is 63.4 Å². The fraction of sp³-hybridized carbons (Fsp3) is 0.758. The fourth-order valence-corrected chi connectivity index (χ4v) is 10.2. The summed E-state index contributed by atoms with van der Waals surface area (Å²) in [4.78, 5) is 26.9. The molecule has 45 heavy (non-hydrogen) atoms. The number of ether oxygens (including phenoxy) is 2. The highest BCUT2D eigenvalue weighted by atomic mass is 35.5. The molecule has 3 N–H and O–H groups in total. The SMILES string of the molecule is COC(=O)N[C@H](C(=O)N[C@H]1CCC[C@@H]1CCC[C@H]1CN[C@@H]2CCCS(=O)(=O)N1C2)[C@@H](c1ccc(Cl)cc1)C1CCOC(C)(C)C1. The molecular weight excluding hydrogens is 616 g/mol. The summed E-state index contributed by atoms with van der Waals surface area (Å²) in [6.45, 7) is 5.98. The van der Waals surface area contributed by atoms with Gasteiger partial charge < -0.3 is 25.4 Å². The number of benzene rings is 1. The van der Waals surface area contributed by atoms with Crippen LogP contribution in [0.2, 0.25) is 5.02 Å². The van der Waals surface area contributed by atoms with E-state index < -0.39 is 22.2 Å². The van der Waals surface area contributed by atoms with Crippen molar-refractivity contribution in [1.29, 1.82) is 0 Å². The zero-order valence-electron chi connectivity index (χ0n) is 26.9. The van der Waals surface area contributed by atoms with E-state index in [9.17, 15) is 18.0 Å². The van der Waals surface area contributed by atoms with E-state index in [4.69, 9.17) is 21.1 Å². The standard InChI is InChI=1S/C33H51ClN4O6S/c1-33(2)19-24(16-17-44-33)29(23-12-14-25(34)15-13-23)30(37-32(40)43-3)31(39)36-28-11-5-8-22(28)7-4-10-27-20-35-26-9-6-18-45(41,42)38(27)21-26/h12-15,22,24,26-30,35H,4-11,16-21H2,1-3H3,(H,36,39)(H,37,40)/t22-,24?,26+,27-,28-,29-,30-/m0/s1. The van der Waals surface area contributed by atoms with Crippen molar-refractivity contribution in [2.24, 2.45) is 11.8 Å². The number of fused-ring (bicyclic) bond motifs is 2. The Kier molecular flexibility index (Phi) is 11.4. The number of amides is 2. The van der Waals surface area contributed by atoms with Crippen LogP contribution in [0.5, 0.6) is 0 Å². The lowest BCUT2D eigenvalue weighted by molar-refractivity contribution is -0.126. The van der Waals surface area contributed by atoms with Crippen LogP contribution in [0.25, 0.3) is 0 Å². The summed E-state index contributed by atoms with van der Waals surface area (Å²) in [7, 11) is -1.90. The first-order valence-electron chi connectivity index (χ1n) is 16.7. The second-order valence-corrected chi connectivity index (χ2v) is 16.6. The maximum atomic E-state index is 14.2. The quantitative estimate of drug-likeness (QED) is 0.334. The highest BCUT2D eigenvalue weighted by Crippen LogP contribution is 2.41. The van der Waals surface area contributed by atoms with Crippen LogP contribution in [0.1, 0.15) is 89.5 Å². The molecule has 8 atom stereocenters. The molecule has 10 nitrogen and oxygen atoms in total. The van der Waals surface area contributed by atoms with Crippen molar-refractivity contribution in [3.05, 3.63) is 34.9 Å². The summed E-state index contributed by atoms with van der Waals surface area (Å²) in [6.07, 6.45) is 8.01. The molecule has 1 aliphatic carbocycles. The van der Waals surface area contributed by atoms with Gasteiger partial charge in [-0.1, -0.05) is 36.6 Å². The predicted molar refractivity (Wildman–Crippen MR) is 175 cm³/mol. The number of nitrogens with zero attached hydrogens (tertiary/aromatic N) is 1. The van der Waals surface area contributed by atoms with E-state index in [1.54, 1.807) is 4.31 Å². The molecular formula is C33H51ClN4O6S. The number of carbonyl (C=O) groups is 2. The molecule has 12 heteroatoms. The Hall–Kier alpha value is -1.92. The van der Waals surface area contributed by atoms with Crippen LogP contribution in [0, 0.1) is 11.8 Å². The summed E-state index contributed by atoms with van der Waals surface area (Å²) < 4.78 is 38.6. The van der Waals surface area contributed by atoms with Crippen LogP contribution < -0.4 is 16.0 Å². The molecule has 1 saturated carbocycles. The van der Waals surface area contributed by atoms with Crippen LogP contribution in [0.3, 0.4) is 0 Å².